The second kappa shape index (κ2) is 5.51. The first-order chi connectivity index (χ1) is 10.5. The summed E-state index contributed by atoms with van der Waals surface area (Å²) in [6.07, 6.45) is 0. The molecule has 0 aliphatic carbocycles. The van der Waals surface area contributed by atoms with Crippen LogP contribution in [0.3, 0.4) is 0 Å². The lowest BCUT2D eigenvalue weighted by atomic mass is 10.2. The molecule has 0 unspecified atom stereocenters. The summed E-state index contributed by atoms with van der Waals surface area (Å²) >= 11 is 5.94. The van der Waals surface area contributed by atoms with Gasteiger partial charge in [0.1, 0.15) is 4.90 Å². The lowest BCUT2D eigenvalue weighted by molar-refractivity contribution is -0.118. The number of anilines is 2. The molecule has 1 aliphatic rings. The molecule has 114 valence electrons. The maximum atomic E-state index is 12.5. The number of amides is 1. The van der Waals surface area contributed by atoms with Crippen LogP contribution in [0.15, 0.2) is 47.4 Å². The Bertz CT molecular complexity index is 837. The predicted octanol–water partition coefficient (Wildman–Crippen LogP) is 2.47. The van der Waals surface area contributed by atoms with Crippen LogP contribution < -0.4 is 14.8 Å². The summed E-state index contributed by atoms with van der Waals surface area (Å²) < 4.78 is 32.8. The minimum absolute atomic E-state index is 0.0763. The first-order valence-electron chi connectivity index (χ1n) is 6.30. The van der Waals surface area contributed by atoms with Crippen LogP contribution in [0, 0.1) is 0 Å². The van der Waals surface area contributed by atoms with Crippen LogP contribution in [0.1, 0.15) is 0 Å². The van der Waals surface area contributed by atoms with Gasteiger partial charge in [0.05, 0.1) is 5.69 Å². The van der Waals surface area contributed by atoms with Crippen LogP contribution in [-0.2, 0) is 14.8 Å². The third kappa shape index (κ3) is 2.86. The summed E-state index contributed by atoms with van der Waals surface area (Å²) in [6, 6.07) is 11.2. The molecule has 8 heteroatoms. The molecule has 0 radical (unpaired) electrons. The van der Waals surface area contributed by atoms with E-state index in [1.165, 1.54) is 12.1 Å². The fourth-order valence-corrected chi connectivity index (χ4v) is 3.58. The summed E-state index contributed by atoms with van der Waals surface area (Å²) in [4.78, 5) is 11.2. The summed E-state index contributed by atoms with van der Waals surface area (Å²) in [5.74, 6) is -0.290. The number of carbonyl (C=O) groups is 1. The average molecular weight is 339 g/mol. The number of nitrogens with one attached hydrogen (secondary N) is 2. The molecule has 0 fully saturated rings. The quantitative estimate of drug-likeness (QED) is 0.900. The monoisotopic (exact) mass is 338 g/mol. The highest BCUT2D eigenvalue weighted by atomic mass is 35.5. The molecule has 0 aromatic heterocycles. The van der Waals surface area contributed by atoms with Crippen molar-refractivity contribution in [2.75, 3.05) is 16.6 Å². The Hall–Kier alpha value is -2.25. The minimum Gasteiger partial charge on any atom is -0.480 e. The van der Waals surface area contributed by atoms with Gasteiger partial charge in [-0.15, -0.1) is 0 Å². The smallest absolute Gasteiger partial charge is 0.265 e. The molecule has 0 atom stereocenters. The van der Waals surface area contributed by atoms with Gasteiger partial charge in [-0.2, -0.15) is 0 Å². The van der Waals surface area contributed by atoms with Crippen molar-refractivity contribution in [1.29, 1.82) is 0 Å². The van der Waals surface area contributed by atoms with E-state index in [9.17, 15) is 13.2 Å². The van der Waals surface area contributed by atoms with Gasteiger partial charge in [0.25, 0.3) is 15.9 Å². The fraction of sp³-hybridized carbons (Fsp3) is 0.0714. The van der Waals surface area contributed by atoms with Crippen molar-refractivity contribution in [1.82, 2.24) is 0 Å². The Kier molecular flexibility index (Phi) is 3.67. The molecule has 0 saturated carbocycles. The zero-order valence-corrected chi connectivity index (χ0v) is 12.7. The number of rotatable bonds is 3. The Morgan fingerprint density at radius 1 is 1.18 bits per heavy atom. The van der Waals surface area contributed by atoms with E-state index in [0.29, 0.717) is 5.69 Å². The van der Waals surface area contributed by atoms with Crippen LogP contribution in [-0.4, -0.2) is 20.9 Å². The van der Waals surface area contributed by atoms with E-state index >= 15 is 0 Å². The van der Waals surface area contributed by atoms with Crippen LogP contribution in [0.4, 0.5) is 11.4 Å². The molecule has 0 bridgehead atoms. The van der Waals surface area contributed by atoms with Crippen LogP contribution >= 0.6 is 11.6 Å². The van der Waals surface area contributed by atoms with Crippen molar-refractivity contribution in [2.24, 2.45) is 0 Å². The van der Waals surface area contributed by atoms with E-state index in [4.69, 9.17) is 16.3 Å². The molecule has 6 nitrogen and oxygen atoms in total. The zero-order valence-electron chi connectivity index (χ0n) is 11.2. The van der Waals surface area contributed by atoms with Gasteiger partial charge < -0.3 is 10.1 Å². The third-order valence-electron chi connectivity index (χ3n) is 2.96. The lowest BCUT2D eigenvalue weighted by Gasteiger charge is -2.21. The number of halogens is 1. The second-order valence-corrected chi connectivity index (χ2v) is 6.68. The van der Waals surface area contributed by atoms with Gasteiger partial charge in [0.15, 0.2) is 12.4 Å². The number of hydrogen-bond donors (Lipinski definition) is 2. The van der Waals surface area contributed by atoms with E-state index in [0.717, 1.165) is 0 Å². The summed E-state index contributed by atoms with van der Waals surface area (Å²) in [5, 5.41) is 2.72. The van der Waals surface area contributed by atoms with Gasteiger partial charge in [-0.1, -0.05) is 29.8 Å². The average Bonchev–Trinajstić information content (AvgIpc) is 2.46. The Balaban J connectivity index is 2.06. The minimum atomic E-state index is -3.91. The van der Waals surface area contributed by atoms with Crippen molar-refractivity contribution in [3.05, 3.63) is 47.5 Å². The molecule has 0 saturated heterocycles. The van der Waals surface area contributed by atoms with Gasteiger partial charge in [-0.05, 0) is 24.3 Å². The summed E-state index contributed by atoms with van der Waals surface area (Å²) in [5.41, 5.74) is 0.647. The highest BCUT2D eigenvalue weighted by Crippen LogP contribution is 2.38. The number of benzene rings is 2. The molecule has 3 rings (SSSR count). The summed E-state index contributed by atoms with van der Waals surface area (Å²) in [7, 11) is -3.91. The largest absolute Gasteiger partial charge is 0.480 e. The highest BCUT2D eigenvalue weighted by molar-refractivity contribution is 7.92. The SMILES string of the molecule is O=C1COc2c(cc(Cl)cc2S(=O)(=O)Nc2ccccc2)N1. The van der Waals surface area contributed by atoms with Crippen molar-refractivity contribution < 1.29 is 17.9 Å². The van der Waals surface area contributed by atoms with Crippen molar-refractivity contribution in [3.63, 3.8) is 0 Å². The molecular formula is C14H11ClN2O4S. The lowest BCUT2D eigenvalue weighted by Crippen LogP contribution is -2.27. The molecule has 1 amide bonds. The van der Waals surface area contributed by atoms with Gasteiger partial charge >= 0.3 is 0 Å². The maximum absolute atomic E-state index is 12.5. The van der Waals surface area contributed by atoms with E-state index in [2.05, 4.69) is 10.0 Å². The molecule has 2 aromatic carbocycles. The molecular weight excluding hydrogens is 328 g/mol. The zero-order chi connectivity index (χ0) is 15.7. The Morgan fingerprint density at radius 3 is 2.64 bits per heavy atom. The van der Waals surface area contributed by atoms with Crippen molar-refractivity contribution in [2.45, 2.75) is 4.90 Å². The Morgan fingerprint density at radius 2 is 1.91 bits per heavy atom. The molecule has 2 N–H and O–H groups in total. The molecule has 1 aliphatic heterocycles. The second-order valence-electron chi connectivity index (χ2n) is 4.59. The van der Waals surface area contributed by atoms with Gasteiger partial charge in [-0.3, -0.25) is 9.52 Å². The van der Waals surface area contributed by atoms with E-state index < -0.39 is 10.0 Å². The molecule has 1 heterocycles. The highest BCUT2D eigenvalue weighted by Gasteiger charge is 2.27. The van der Waals surface area contributed by atoms with Crippen molar-refractivity contribution in [3.8, 4) is 5.75 Å². The van der Waals surface area contributed by atoms with Crippen LogP contribution in [0.2, 0.25) is 5.02 Å². The Labute approximate surface area is 132 Å². The van der Waals surface area contributed by atoms with Gasteiger partial charge in [0, 0.05) is 10.7 Å². The number of ether oxygens (including phenoxy) is 1. The molecule has 22 heavy (non-hydrogen) atoms. The third-order valence-corrected chi connectivity index (χ3v) is 4.56. The van der Waals surface area contributed by atoms with Crippen LogP contribution in [0.25, 0.3) is 0 Å². The number of carbonyl (C=O) groups excluding carboxylic acids is 1. The summed E-state index contributed by atoms with van der Waals surface area (Å²) in [6.45, 7) is -0.248. The molecule has 2 aromatic rings. The van der Waals surface area contributed by atoms with Gasteiger partial charge in [-0.25, -0.2) is 8.42 Å². The number of sulfonamides is 1. The maximum Gasteiger partial charge on any atom is 0.265 e. The van der Waals surface area contributed by atoms with E-state index in [1.807, 2.05) is 0 Å². The fourth-order valence-electron chi connectivity index (χ4n) is 2.05. The topological polar surface area (TPSA) is 84.5 Å². The van der Waals surface area contributed by atoms with Crippen molar-refractivity contribution >= 4 is 38.9 Å². The first kappa shape index (κ1) is 14.7. The molecule has 0 spiro atoms. The number of fused-ring (bicyclic) bond motifs is 1. The van der Waals surface area contributed by atoms with Gasteiger partial charge in [0.2, 0.25) is 0 Å². The number of para-hydroxylation sites is 1. The van der Waals surface area contributed by atoms with E-state index in [-0.39, 0.29) is 33.9 Å². The predicted molar refractivity (Wildman–Crippen MR) is 82.8 cm³/mol. The first-order valence-corrected chi connectivity index (χ1v) is 8.16. The van der Waals surface area contributed by atoms with Crippen LogP contribution in [0.5, 0.6) is 5.75 Å². The normalized spacial score (nSPS) is 13.8. The van der Waals surface area contributed by atoms with E-state index in [1.54, 1.807) is 30.3 Å². The number of hydrogen-bond acceptors (Lipinski definition) is 4. The standard InChI is InChI=1S/C14H11ClN2O4S/c15-9-6-11-14(21-8-13(18)16-11)12(7-9)22(19,20)17-10-4-2-1-3-5-10/h1-7,17H,8H2,(H,16,18).